The average molecular weight is 435 g/mol. The number of hydrogen-bond acceptors (Lipinski definition) is 5. The molecule has 0 fully saturated rings. The van der Waals surface area contributed by atoms with Crippen molar-refractivity contribution in [1.29, 1.82) is 0 Å². The number of rotatable bonds is 10. The lowest BCUT2D eigenvalue weighted by Crippen LogP contribution is -2.39. The fraction of sp³-hybridized carbons (Fsp3) is 0.409. The van der Waals surface area contributed by atoms with Gasteiger partial charge in [0, 0.05) is 7.05 Å². The lowest BCUT2D eigenvalue weighted by atomic mass is 10.1. The first-order valence-corrected chi connectivity index (χ1v) is 11.6. The van der Waals surface area contributed by atoms with Crippen molar-refractivity contribution in [2.24, 2.45) is 0 Å². The summed E-state index contributed by atoms with van der Waals surface area (Å²) in [5.41, 5.74) is 2.77. The predicted octanol–water partition coefficient (Wildman–Crippen LogP) is 3.05. The van der Waals surface area contributed by atoms with Gasteiger partial charge in [0.2, 0.25) is 10.0 Å². The molecule has 2 aromatic rings. The standard InChI is InChI=1S/C22H30N2O5S/c1-6-21(29-19-9-7-18(8-10-19)24(4)30(5,26)27)22(25)23-11-12-28-20-14-16(2)13-17(3)15-20/h7-10,13-15,21H,6,11-12H2,1-5H3,(H,23,25)/t21-/m1/s1. The van der Waals surface area contributed by atoms with Crippen LogP contribution in [0.3, 0.4) is 0 Å². The van der Waals surface area contributed by atoms with E-state index < -0.39 is 16.1 Å². The number of anilines is 1. The topological polar surface area (TPSA) is 84.9 Å². The van der Waals surface area contributed by atoms with Gasteiger partial charge in [-0.3, -0.25) is 9.10 Å². The molecule has 0 unspecified atom stereocenters. The highest BCUT2D eigenvalue weighted by molar-refractivity contribution is 7.92. The maximum Gasteiger partial charge on any atom is 0.261 e. The molecule has 164 valence electrons. The van der Waals surface area contributed by atoms with Crippen molar-refractivity contribution in [3.8, 4) is 11.5 Å². The van der Waals surface area contributed by atoms with E-state index in [0.717, 1.165) is 23.1 Å². The van der Waals surface area contributed by atoms with Gasteiger partial charge < -0.3 is 14.8 Å². The van der Waals surface area contributed by atoms with Gasteiger partial charge in [-0.25, -0.2) is 8.42 Å². The van der Waals surface area contributed by atoms with E-state index in [2.05, 4.69) is 11.4 Å². The Kier molecular flexibility index (Phi) is 8.11. The maximum absolute atomic E-state index is 12.4. The molecule has 1 N–H and O–H groups in total. The Balaban J connectivity index is 1.85. The van der Waals surface area contributed by atoms with Crippen LogP contribution in [0, 0.1) is 13.8 Å². The van der Waals surface area contributed by atoms with Crippen molar-refractivity contribution in [1.82, 2.24) is 5.32 Å². The molecule has 0 saturated carbocycles. The Bertz CT molecular complexity index is 938. The second kappa shape index (κ2) is 10.3. The number of aryl methyl sites for hydroxylation is 2. The molecule has 0 radical (unpaired) electrons. The summed E-state index contributed by atoms with van der Waals surface area (Å²) in [5, 5.41) is 2.83. The fourth-order valence-corrected chi connectivity index (χ4v) is 3.39. The van der Waals surface area contributed by atoms with E-state index in [1.54, 1.807) is 24.3 Å². The van der Waals surface area contributed by atoms with Crippen LogP contribution < -0.4 is 19.1 Å². The van der Waals surface area contributed by atoms with Crippen LogP contribution in [0.4, 0.5) is 5.69 Å². The van der Waals surface area contributed by atoms with Crippen LogP contribution in [0.15, 0.2) is 42.5 Å². The number of carbonyl (C=O) groups is 1. The molecule has 0 spiro atoms. The predicted molar refractivity (Wildman–Crippen MR) is 119 cm³/mol. The molecule has 30 heavy (non-hydrogen) atoms. The molecular formula is C22H30N2O5S. The van der Waals surface area contributed by atoms with Gasteiger partial charge in [0.25, 0.3) is 5.91 Å². The highest BCUT2D eigenvalue weighted by Crippen LogP contribution is 2.21. The van der Waals surface area contributed by atoms with Crippen molar-refractivity contribution < 1.29 is 22.7 Å². The molecule has 0 aromatic heterocycles. The fourth-order valence-electron chi connectivity index (χ4n) is 2.89. The van der Waals surface area contributed by atoms with Gasteiger partial charge in [-0.2, -0.15) is 0 Å². The number of hydrogen-bond donors (Lipinski definition) is 1. The van der Waals surface area contributed by atoms with Gasteiger partial charge >= 0.3 is 0 Å². The van der Waals surface area contributed by atoms with Crippen molar-refractivity contribution >= 4 is 21.6 Å². The minimum Gasteiger partial charge on any atom is -0.492 e. The van der Waals surface area contributed by atoms with Gasteiger partial charge in [-0.15, -0.1) is 0 Å². The zero-order valence-electron chi connectivity index (χ0n) is 18.1. The number of benzene rings is 2. The molecule has 2 rings (SSSR count). The van der Waals surface area contributed by atoms with Crippen LogP contribution in [0.1, 0.15) is 24.5 Å². The average Bonchev–Trinajstić information content (AvgIpc) is 2.67. The Hall–Kier alpha value is -2.74. The van der Waals surface area contributed by atoms with Crippen LogP contribution in [0.2, 0.25) is 0 Å². The first-order valence-electron chi connectivity index (χ1n) is 9.79. The summed E-state index contributed by atoms with van der Waals surface area (Å²) in [5.74, 6) is 1.05. The zero-order chi connectivity index (χ0) is 22.3. The second-order valence-electron chi connectivity index (χ2n) is 7.20. The normalized spacial score (nSPS) is 12.2. The number of sulfonamides is 1. The highest BCUT2D eigenvalue weighted by atomic mass is 32.2. The van der Waals surface area contributed by atoms with Gasteiger partial charge in [-0.1, -0.05) is 13.0 Å². The molecule has 1 amide bonds. The third-order valence-corrected chi connectivity index (χ3v) is 5.71. The van der Waals surface area contributed by atoms with E-state index in [4.69, 9.17) is 9.47 Å². The number of amides is 1. The number of nitrogens with one attached hydrogen (secondary N) is 1. The quantitative estimate of drug-likeness (QED) is 0.581. The monoisotopic (exact) mass is 434 g/mol. The van der Waals surface area contributed by atoms with Crippen LogP contribution in [0.5, 0.6) is 11.5 Å². The third kappa shape index (κ3) is 6.95. The van der Waals surface area contributed by atoms with Gasteiger partial charge in [0.1, 0.15) is 18.1 Å². The summed E-state index contributed by atoms with van der Waals surface area (Å²) >= 11 is 0. The Morgan fingerprint density at radius 1 is 1.07 bits per heavy atom. The highest BCUT2D eigenvalue weighted by Gasteiger charge is 2.18. The first kappa shape index (κ1) is 23.5. The smallest absolute Gasteiger partial charge is 0.261 e. The van der Waals surface area contributed by atoms with Crippen LogP contribution in [0.25, 0.3) is 0 Å². The van der Waals surface area contributed by atoms with E-state index in [9.17, 15) is 13.2 Å². The maximum atomic E-state index is 12.4. The Morgan fingerprint density at radius 2 is 1.67 bits per heavy atom. The summed E-state index contributed by atoms with van der Waals surface area (Å²) in [6.07, 6.45) is 0.984. The van der Waals surface area contributed by atoms with Crippen molar-refractivity contribution in [3.63, 3.8) is 0 Å². The van der Waals surface area contributed by atoms with Crippen LogP contribution in [-0.4, -0.2) is 46.9 Å². The molecule has 7 nitrogen and oxygen atoms in total. The van der Waals surface area contributed by atoms with Crippen LogP contribution >= 0.6 is 0 Å². The first-order chi connectivity index (χ1) is 14.1. The number of nitrogens with zero attached hydrogens (tertiary/aromatic N) is 1. The lowest BCUT2D eigenvalue weighted by molar-refractivity contribution is -0.128. The molecule has 0 heterocycles. The summed E-state index contributed by atoms with van der Waals surface area (Å²) in [7, 11) is -1.85. The van der Waals surface area contributed by atoms with Crippen molar-refractivity contribution in [3.05, 3.63) is 53.6 Å². The van der Waals surface area contributed by atoms with E-state index >= 15 is 0 Å². The molecule has 0 aliphatic heterocycles. The molecule has 0 aliphatic carbocycles. The van der Waals surface area contributed by atoms with Crippen molar-refractivity contribution in [2.75, 3.05) is 30.8 Å². The van der Waals surface area contributed by atoms with Gasteiger partial charge in [0.15, 0.2) is 6.10 Å². The molecule has 1 atom stereocenters. The number of carbonyl (C=O) groups excluding carboxylic acids is 1. The molecule has 0 aliphatic rings. The van der Waals surface area contributed by atoms with Gasteiger partial charge in [-0.05, 0) is 67.8 Å². The van der Waals surface area contributed by atoms with Crippen LogP contribution in [-0.2, 0) is 14.8 Å². The molecular weight excluding hydrogens is 404 g/mol. The van der Waals surface area contributed by atoms with E-state index in [-0.39, 0.29) is 5.91 Å². The zero-order valence-corrected chi connectivity index (χ0v) is 19.0. The summed E-state index contributed by atoms with van der Waals surface area (Å²) in [6.45, 7) is 6.61. The Labute approximate surface area is 179 Å². The molecule has 0 saturated heterocycles. The molecule has 0 bridgehead atoms. The SMILES string of the molecule is CC[C@@H](Oc1ccc(N(C)S(C)(=O)=O)cc1)C(=O)NCCOc1cc(C)cc(C)c1. The largest absolute Gasteiger partial charge is 0.492 e. The second-order valence-corrected chi connectivity index (χ2v) is 9.22. The third-order valence-electron chi connectivity index (χ3n) is 4.50. The minimum absolute atomic E-state index is 0.223. The summed E-state index contributed by atoms with van der Waals surface area (Å²) < 4.78 is 35.9. The lowest BCUT2D eigenvalue weighted by Gasteiger charge is -2.19. The number of ether oxygens (including phenoxy) is 2. The molecule has 2 aromatic carbocycles. The molecule has 8 heteroatoms. The van der Waals surface area contributed by atoms with E-state index in [1.165, 1.54) is 11.4 Å². The summed E-state index contributed by atoms with van der Waals surface area (Å²) in [4.78, 5) is 12.4. The van der Waals surface area contributed by atoms with E-state index in [1.807, 2.05) is 32.9 Å². The Morgan fingerprint density at radius 3 is 2.20 bits per heavy atom. The van der Waals surface area contributed by atoms with Crippen molar-refractivity contribution in [2.45, 2.75) is 33.3 Å². The minimum atomic E-state index is -3.33. The summed E-state index contributed by atoms with van der Waals surface area (Å²) in [6, 6.07) is 12.6. The van der Waals surface area contributed by atoms with Gasteiger partial charge in [0.05, 0.1) is 18.5 Å². The van der Waals surface area contributed by atoms with E-state index in [0.29, 0.717) is 31.0 Å².